The van der Waals surface area contributed by atoms with E-state index in [4.69, 9.17) is 9.84 Å². The van der Waals surface area contributed by atoms with E-state index < -0.39 is 23.6 Å². The van der Waals surface area contributed by atoms with Crippen molar-refractivity contribution in [2.24, 2.45) is 5.92 Å². The summed E-state index contributed by atoms with van der Waals surface area (Å²) in [5.41, 5.74) is -0.413. The van der Waals surface area contributed by atoms with E-state index >= 15 is 0 Å². The van der Waals surface area contributed by atoms with Gasteiger partial charge in [0.2, 0.25) is 0 Å². The molecule has 0 aromatic carbocycles. The lowest BCUT2D eigenvalue weighted by Gasteiger charge is -2.34. The largest absolute Gasteiger partial charge is 0.480 e. The normalized spacial score (nSPS) is 24.8. The van der Waals surface area contributed by atoms with Gasteiger partial charge in [0.1, 0.15) is 6.04 Å². The number of urea groups is 1. The second kappa shape index (κ2) is 6.75. The van der Waals surface area contributed by atoms with Gasteiger partial charge in [-0.3, -0.25) is 0 Å². The molecular weight excluding hydrogens is 248 g/mol. The van der Waals surface area contributed by atoms with Crippen molar-refractivity contribution in [3.8, 4) is 0 Å². The summed E-state index contributed by atoms with van der Waals surface area (Å²) < 4.78 is 5.34. The van der Waals surface area contributed by atoms with Gasteiger partial charge in [-0.1, -0.05) is 13.8 Å². The molecule has 1 aliphatic rings. The highest BCUT2D eigenvalue weighted by Crippen LogP contribution is 2.18. The van der Waals surface area contributed by atoms with Gasteiger partial charge in [-0.25, -0.2) is 9.59 Å². The summed E-state index contributed by atoms with van der Waals surface area (Å²) in [6.45, 7) is 6.92. The zero-order chi connectivity index (χ0) is 14.5. The van der Waals surface area contributed by atoms with Crippen LogP contribution in [0.1, 0.15) is 40.0 Å². The fourth-order valence-electron chi connectivity index (χ4n) is 2.19. The van der Waals surface area contributed by atoms with Crippen molar-refractivity contribution in [3.05, 3.63) is 0 Å². The monoisotopic (exact) mass is 272 g/mol. The van der Waals surface area contributed by atoms with Gasteiger partial charge in [0.25, 0.3) is 0 Å². The Hall–Kier alpha value is -1.30. The number of aliphatic carboxylic acids is 1. The third-order valence-corrected chi connectivity index (χ3v) is 3.16. The minimum Gasteiger partial charge on any atom is -0.480 e. The zero-order valence-corrected chi connectivity index (χ0v) is 11.9. The standard InChI is InChI=1S/C13H24N2O4/c1-9(2)7-10(11(16)17)14-12(18)15-13(3)5-4-6-19-8-13/h9-10H,4-8H2,1-3H3,(H,16,17)(H2,14,15,18)/t10-,13?/m1/s1. The number of carbonyl (C=O) groups excluding carboxylic acids is 1. The molecule has 1 unspecified atom stereocenters. The van der Waals surface area contributed by atoms with Gasteiger partial charge in [-0.2, -0.15) is 0 Å². The molecule has 1 saturated heterocycles. The molecule has 0 bridgehead atoms. The van der Waals surface area contributed by atoms with Crippen molar-refractivity contribution < 1.29 is 19.4 Å². The Morgan fingerprint density at radius 3 is 2.58 bits per heavy atom. The van der Waals surface area contributed by atoms with Gasteiger partial charge in [0.15, 0.2) is 0 Å². The number of amides is 2. The molecule has 2 atom stereocenters. The molecule has 0 aromatic rings. The summed E-state index contributed by atoms with van der Waals surface area (Å²) >= 11 is 0. The van der Waals surface area contributed by atoms with E-state index in [0.717, 1.165) is 12.8 Å². The van der Waals surface area contributed by atoms with E-state index in [-0.39, 0.29) is 5.92 Å². The summed E-state index contributed by atoms with van der Waals surface area (Å²) in [5, 5.41) is 14.4. The van der Waals surface area contributed by atoms with Crippen LogP contribution in [-0.2, 0) is 9.53 Å². The van der Waals surface area contributed by atoms with Gasteiger partial charge in [-0.05, 0) is 32.1 Å². The van der Waals surface area contributed by atoms with Crippen LogP contribution in [0.4, 0.5) is 4.79 Å². The zero-order valence-electron chi connectivity index (χ0n) is 11.9. The van der Waals surface area contributed by atoms with E-state index in [9.17, 15) is 9.59 Å². The van der Waals surface area contributed by atoms with Gasteiger partial charge >= 0.3 is 12.0 Å². The maximum absolute atomic E-state index is 11.9. The molecule has 2 amide bonds. The molecule has 0 spiro atoms. The third kappa shape index (κ3) is 5.46. The van der Waals surface area contributed by atoms with Crippen LogP contribution in [0.15, 0.2) is 0 Å². The smallest absolute Gasteiger partial charge is 0.326 e. The SMILES string of the molecule is CC(C)C[C@@H](NC(=O)NC1(C)CCCOC1)C(=O)O. The van der Waals surface area contributed by atoms with Crippen LogP contribution in [0, 0.1) is 5.92 Å². The first-order valence-corrected chi connectivity index (χ1v) is 6.71. The fraction of sp³-hybridized carbons (Fsp3) is 0.846. The number of ether oxygens (including phenoxy) is 1. The molecule has 6 heteroatoms. The molecule has 0 aliphatic carbocycles. The highest BCUT2D eigenvalue weighted by atomic mass is 16.5. The van der Waals surface area contributed by atoms with E-state index in [1.807, 2.05) is 20.8 Å². The van der Waals surface area contributed by atoms with Gasteiger partial charge < -0.3 is 20.5 Å². The number of hydrogen-bond acceptors (Lipinski definition) is 3. The predicted octanol–water partition coefficient (Wildman–Crippen LogP) is 1.35. The van der Waals surface area contributed by atoms with Crippen LogP contribution in [0.25, 0.3) is 0 Å². The van der Waals surface area contributed by atoms with Crippen molar-refractivity contribution in [2.45, 2.75) is 51.6 Å². The maximum Gasteiger partial charge on any atom is 0.326 e. The summed E-state index contributed by atoms with van der Waals surface area (Å²) in [4.78, 5) is 22.9. The first-order chi connectivity index (χ1) is 8.82. The number of carbonyl (C=O) groups is 2. The number of rotatable bonds is 5. The van der Waals surface area contributed by atoms with Gasteiger partial charge in [-0.15, -0.1) is 0 Å². The maximum atomic E-state index is 11.9. The minimum absolute atomic E-state index is 0.204. The average Bonchev–Trinajstić information content (AvgIpc) is 2.27. The third-order valence-electron chi connectivity index (χ3n) is 3.16. The van der Waals surface area contributed by atoms with Crippen LogP contribution < -0.4 is 10.6 Å². The Morgan fingerprint density at radius 2 is 2.11 bits per heavy atom. The number of hydrogen-bond donors (Lipinski definition) is 3. The van der Waals surface area contributed by atoms with E-state index in [2.05, 4.69) is 10.6 Å². The molecule has 0 radical (unpaired) electrons. The van der Waals surface area contributed by atoms with Crippen molar-refractivity contribution in [3.63, 3.8) is 0 Å². The highest BCUT2D eigenvalue weighted by Gasteiger charge is 2.30. The van der Waals surface area contributed by atoms with Crippen LogP contribution in [-0.4, -0.2) is 41.9 Å². The van der Waals surface area contributed by atoms with Crippen LogP contribution >= 0.6 is 0 Å². The quantitative estimate of drug-likeness (QED) is 0.705. The molecule has 1 aliphatic heterocycles. The Morgan fingerprint density at radius 1 is 1.42 bits per heavy atom. The lowest BCUT2D eigenvalue weighted by molar-refractivity contribution is -0.139. The lowest BCUT2D eigenvalue weighted by atomic mass is 9.95. The van der Waals surface area contributed by atoms with Gasteiger partial charge in [0.05, 0.1) is 12.1 Å². The Kier molecular flexibility index (Phi) is 5.60. The second-order valence-electron chi connectivity index (χ2n) is 5.84. The summed E-state index contributed by atoms with van der Waals surface area (Å²) in [6.07, 6.45) is 2.14. The summed E-state index contributed by atoms with van der Waals surface area (Å²) in [5.74, 6) is -0.802. The van der Waals surface area contributed by atoms with Crippen molar-refractivity contribution >= 4 is 12.0 Å². The topological polar surface area (TPSA) is 87.7 Å². The number of nitrogens with one attached hydrogen (secondary N) is 2. The Bertz CT molecular complexity index is 325. The molecule has 1 heterocycles. The van der Waals surface area contributed by atoms with Gasteiger partial charge in [0, 0.05) is 6.61 Å². The second-order valence-corrected chi connectivity index (χ2v) is 5.84. The minimum atomic E-state index is -1.01. The molecule has 110 valence electrons. The molecule has 0 aromatic heterocycles. The number of carboxylic acid groups (broad SMARTS) is 1. The Labute approximate surface area is 113 Å². The van der Waals surface area contributed by atoms with Crippen LogP contribution in [0.5, 0.6) is 0 Å². The summed E-state index contributed by atoms with van der Waals surface area (Å²) in [7, 11) is 0. The highest BCUT2D eigenvalue weighted by molar-refractivity contribution is 5.82. The van der Waals surface area contributed by atoms with Crippen molar-refractivity contribution in [1.82, 2.24) is 10.6 Å². The van der Waals surface area contributed by atoms with E-state index in [0.29, 0.717) is 19.6 Å². The first kappa shape index (κ1) is 15.8. The molecule has 6 nitrogen and oxygen atoms in total. The fourth-order valence-corrected chi connectivity index (χ4v) is 2.19. The lowest BCUT2D eigenvalue weighted by Crippen LogP contribution is -2.57. The van der Waals surface area contributed by atoms with E-state index in [1.165, 1.54) is 0 Å². The van der Waals surface area contributed by atoms with Crippen LogP contribution in [0.3, 0.4) is 0 Å². The first-order valence-electron chi connectivity index (χ1n) is 6.71. The summed E-state index contributed by atoms with van der Waals surface area (Å²) in [6, 6.07) is -1.30. The van der Waals surface area contributed by atoms with E-state index in [1.54, 1.807) is 0 Å². The molecular formula is C13H24N2O4. The molecule has 3 N–H and O–H groups in total. The van der Waals surface area contributed by atoms with Crippen molar-refractivity contribution in [1.29, 1.82) is 0 Å². The Balaban J connectivity index is 2.50. The molecule has 19 heavy (non-hydrogen) atoms. The molecule has 0 saturated carbocycles. The number of carboxylic acids is 1. The average molecular weight is 272 g/mol. The van der Waals surface area contributed by atoms with Crippen molar-refractivity contribution in [2.75, 3.05) is 13.2 Å². The predicted molar refractivity (Wildman–Crippen MR) is 71.0 cm³/mol. The molecule has 1 rings (SSSR count). The van der Waals surface area contributed by atoms with Crippen LogP contribution in [0.2, 0.25) is 0 Å². The molecule has 1 fully saturated rings.